The van der Waals surface area contributed by atoms with E-state index in [0.29, 0.717) is 0 Å². The van der Waals surface area contributed by atoms with Crippen LogP contribution in [0.25, 0.3) is 0 Å². The summed E-state index contributed by atoms with van der Waals surface area (Å²) in [5.41, 5.74) is 2.32. The van der Waals surface area contributed by atoms with E-state index in [9.17, 15) is 0 Å². The fourth-order valence-corrected chi connectivity index (χ4v) is 3.37. The summed E-state index contributed by atoms with van der Waals surface area (Å²) < 4.78 is 2.07. The van der Waals surface area contributed by atoms with Gasteiger partial charge in [-0.3, -0.25) is 14.6 Å². The molecular weight excluding hydrogens is 427 g/mol. The molecule has 1 unspecified atom stereocenters. The number of aryl methyl sites for hydroxylation is 3. The number of nitrogens with zero attached hydrogens (tertiary/aromatic N) is 4. The van der Waals surface area contributed by atoms with Crippen LogP contribution in [-0.2, 0) is 6.54 Å². The molecule has 0 radical (unpaired) electrons. The van der Waals surface area contributed by atoms with Crippen molar-refractivity contribution in [3.63, 3.8) is 0 Å². The lowest BCUT2D eigenvalue weighted by Crippen LogP contribution is -2.45. The summed E-state index contributed by atoms with van der Waals surface area (Å²) in [7, 11) is 1.83. The highest BCUT2D eigenvalue weighted by Gasteiger charge is 2.17. The Morgan fingerprint density at radius 1 is 1.24 bits per heavy atom. The van der Waals surface area contributed by atoms with Crippen LogP contribution in [0.4, 0.5) is 0 Å². The molecule has 1 aliphatic heterocycles. The summed E-state index contributed by atoms with van der Waals surface area (Å²) in [6.45, 7) is 11.6. The van der Waals surface area contributed by atoms with E-state index in [1.165, 1.54) is 31.5 Å². The van der Waals surface area contributed by atoms with Gasteiger partial charge in [0.2, 0.25) is 0 Å². The Balaban J connectivity index is 0.00000312. The fraction of sp³-hybridized carbons (Fsp3) is 0.778. The first-order valence-corrected chi connectivity index (χ1v) is 9.29. The molecular formula is C18H35IN6. The molecule has 7 heteroatoms. The van der Waals surface area contributed by atoms with E-state index in [1.807, 2.05) is 14.0 Å². The van der Waals surface area contributed by atoms with Crippen molar-refractivity contribution in [3.8, 4) is 0 Å². The number of guanidine groups is 1. The van der Waals surface area contributed by atoms with Crippen LogP contribution in [0.2, 0.25) is 0 Å². The summed E-state index contributed by atoms with van der Waals surface area (Å²) in [6.07, 6.45) is 5.08. The standard InChI is InChI=1S/C18H34N6.HI/c1-15-14-17(3)24(22-15)12-7-9-20-18(19-4)21-10-13-23-11-6-5-8-16(23)2;/h14,16H,5-13H2,1-4H3,(H2,19,20,21);1H. The van der Waals surface area contributed by atoms with Gasteiger partial charge in [0.15, 0.2) is 5.96 Å². The molecule has 144 valence electrons. The third kappa shape index (κ3) is 7.52. The zero-order valence-corrected chi connectivity index (χ0v) is 18.5. The van der Waals surface area contributed by atoms with Gasteiger partial charge in [0, 0.05) is 45.0 Å². The first-order chi connectivity index (χ1) is 11.6. The van der Waals surface area contributed by atoms with Crippen LogP contribution in [-0.4, -0.2) is 59.9 Å². The molecule has 0 amide bonds. The van der Waals surface area contributed by atoms with Crippen molar-refractivity contribution in [1.29, 1.82) is 0 Å². The normalized spacial score (nSPS) is 18.7. The molecule has 0 aromatic carbocycles. The van der Waals surface area contributed by atoms with Crippen LogP contribution in [0.5, 0.6) is 0 Å². The van der Waals surface area contributed by atoms with Crippen LogP contribution in [0.1, 0.15) is 44.0 Å². The summed E-state index contributed by atoms with van der Waals surface area (Å²) >= 11 is 0. The molecule has 0 saturated carbocycles. The van der Waals surface area contributed by atoms with Crippen LogP contribution in [0.15, 0.2) is 11.1 Å². The van der Waals surface area contributed by atoms with Gasteiger partial charge in [0.1, 0.15) is 0 Å². The van der Waals surface area contributed by atoms with E-state index in [2.05, 4.69) is 50.2 Å². The monoisotopic (exact) mass is 462 g/mol. The number of hydrogen-bond acceptors (Lipinski definition) is 3. The molecule has 2 heterocycles. The number of aliphatic imine (C=N–C) groups is 1. The van der Waals surface area contributed by atoms with Crippen molar-refractivity contribution in [1.82, 2.24) is 25.3 Å². The van der Waals surface area contributed by atoms with Crippen LogP contribution in [0.3, 0.4) is 0 Å². The molecule has 0 spiro atoms. The highest BCUT2D eigenvalue weighted by molar-refractivity contribution is 14.0. The van der Waals surface area contributed by atoms with Gasteiger partial charge in [-0.1, -0.05) is 6.42 Å². The van der Waals surface area contributed by atoms with E-state index >= 15 is 0 Å². The lowest BCUT2D eigenvalue weighted by Gasteiger charge is -2.33. The smallest absolute Gasteiger partial charge is 0.191 e. The molecule has 1 saturated heterocycles. The van der Waals surface area contributed by atoms with E-state index in [4.69, 9.17) is 0 Å². The Hall–Kier alpha value is -0.830. The van der Waals surface area contributed by atoms with E-state index in [-0.39, 0.29) is 24.0 Å². The number of aromatic nitrogens is 2. The topological polar surface area (TPSA) is 57.5 Å². The Morgan fingerprint density at radius 2 is 2.00 bits per heavy atom. The molecule has 6 nitrogen and oxygen atoms in total. The number of hydrogen-bond donors (Lipinski definition) is 2. The minimum Gasteiger partial charge on any atom is -0.356 e. The van der Waals surface area contributed by atoms with Crippen molar-refractivity contribution in [2.45, 2.75) is 59.0 Å². The summed E-state index contributed by atoms with van der Waals surface area (Å²) in [4.78, 5) is 6.89. The Kier molecular flexibility index (Phi) is 10.4. The third-order valence-electron chi connectivity index (χ3n) is 4.80. The first kappa shape index (κ1) is 22.2. The van der Waals surface area contributed by atoms with Crippen LogP contribution >= 0.6 is 24.0 Å². The number of halogens is 1. The number of rotatable bonds is 7. The minimum absolute atomic E-state index is 0. The second-order valence-electron chi connectivity index (χ2n) is 6.81. The van der Waals surface area contributed by atoms with Crippen molar-refractivity contribution < 1.29 is 0 Å². The number of nitrogens with one attached hydrogen (secondary N) is 2. The van der Waals surface area contributed by atoms with E-state index < -0.39 is 0 Å². The second kappa shape index (κ2) is 11.7. The minimum atomic E-state index is 0. The molecule has 2 rings (SSSR count). The van der Waals surface area contributed by atoms with Gasteiger partial charge in [-0.25, -0.2) is 0 Å². The molecule has 0 aliphatic carbocycles. The largest absolute Gasteiger partial charge is 0.356 e. The lowest BCUT2D eigenvalue weighted by atomic mass is 10.0. The SMILES string of the molecule is CN=C(NCCCn1nc(C)cc1C)NCCN1CCCCC1C.I. The van der Waals surface area contributed by atoms with Crippen molar-refractivity contribution in [2.24, 2.45) is 4.99 Å². The average molecular weight is 462 g/mol. The zero-order valence-electron chi connectivity index (χ0n) is 16.2. The predicted molar refractivity (Wildman–Crippen MR) is 116 cm³/mol. The fourth-order valence-electron chi connectivity index (χ4n) is 3.37. The first-order valence-electron chi connectivity index (χ1n) is 9.29. The maximum absolute atomic E-state index is 4.49. The van der Waals surface area contributed by atoms with Gasteiger partial charge in [0.25, 0.3) is 0 Å². The molecule has 1 aromatic rings. The second-order valence-corrected chi connectivity index (χ2v) is 6.81. The van der Waals surface area contributed by atoms with Crippen molar-refractivity contribution >= 4 is 29.9 Å². The summed E-state index contributed by atoms with van der Waals surface area (Å²) in [5.74, 6) is 0.896. The van der Waals surface area contributed by atoms with Gasteiger partial charge in [-0.05, 0) is 52.6 Å². The summed E-state index contributed by atoms with van der Waals surface area (Å²) in [5, 5.41) is 11.3. The Morgan fingerprint density at radius 3 is 2.64 bits per heavy atom. The van der Waals surface area contributed by atoms with Crippen molar-refractivity contribution in [3.05, 3.63) is 17.5 Å². The molecule has 25 heavy (non-hydrogen) atoms. The lowest BCUT2D eigenvalue weighted by molar-refractivity contribution is 0.163. The van der Waals surface area contributed by atoms with E-state index in [1.54, 1.807) is 0 Å². The van der Waals surface area contributed by atoms with Crippen molar-refractivity contribution in [2.75, 3.05) is 33.2 Å². The summed E-state index contributed by atoms with van der Waals surface area (Å²) in [6, 6.07) is 2.84. The maximum atomic E-state index is 4.49. The van der Waals surface area contributed by atoms with E-state index in [0.717, 1.165) is 50.3 Å². The predicted octanol–water partition coefficient (Wildman–Crippen LogP) is 2.55. The highest BCUT2D eigenvalue weighted by atomic mass is 127. The van der Waals surface area contributed by atoms with Gasteiger partial charge in [0.05, 0.1) is 5.69 Å². The number of piperidine rings is 1. The molecule has 1 fully saturated rings. The zero-order chi connectivity index (χ0) is 17.4. The average Bonchev–Trinajstić information content (AvgIpc) is 2.89. The van der Waals surface area contributed by atoms with Gasteiger partial charge in [-0.2, -0.15) is 5.10 Å². The van der Waals surface area contributed by atoms with Gasteiger partial charge < -0.3 is 10.6 Å². The molecule has 2 N–H and O–H groups in total. The quantitative estimate of drug-likeness (QED) is 0.283. The maximum Gasteiger partial charge on any atom is 0.191 e. The Bertz CT molecular complexity index is 528. The highest BCUT2D eigenvalue weighted by Crippen LogP contribution is 2.15. The molecule has 1 aromatic heterocycles. The van der Waals surface area contributed by atoms with Crippen LogP contribution in [0, 0.1) is 13.8 Å². The number of likely N-dealkylation sites (tertiary alicyclic amines) is 1. The molecule has 1 atom stereocenters. The van der Waals surface area contributed by atoms with Gasteiger partial charge in [-0.15, -0.1) is 24.0 Å². The van der Waals surface area contributed by atoms with Gasteiger partial charge >= 0.3 is 0 Å². The molecule has 0 bridgehead atoms. The van der Waals surface area contributed by atoms with Crippen LogP contribution < -0.4 is 10.6 Å². The Labute approximate surface area is 169 Å². The third-order valence-corrected chi connectivity index (χ3v) is 4.80. The molecule has 1 aliphatic rings.